The third-order valence-electron chi connectivity index (χ3n) is 5.36. The van der Waals surface area contributed by atoms with Crippen LogP contribution in [-0.4, -0.2) is 28.2 Å². The number of nitrogens with zero attached hydrogens (tertiary/aromatic N) is 2. The first-order valence-electron chi connectivity index (χ1n) is 10.5. The lowest BCUT2D eigenvalue weighted by Crippen LogP contribution is -2.21. The van der Waals surface area contributed by atoms with E-state index in [9.17, 15) is 18.4 Å². The molecule has 0 radical (unpaired) electrons. The van der Waals surface area contributed by atoms with Crippen molar-refractivity contribution in [1.82, 2.24) is 9.38 Å². The Balaban J connectivity index is 1.87. The lowest BCUT2D eigenvalue weighted by Gasteiger charge is -2.14. The number of Topliss-reactive ketones (excluding diaryl/α,β-unsaturated/α-hetero) is 1. The number of pyridine rings is 1. The van der Waals surface area contributed by atoms with E-state index in [-0.39, 0.29) is 30.1 Å². The van der Waals surface area contributed by atoms with Crippen molar-refractivity contribution >= 4 is 17.4 Å². The van der Waals surface area contributed by atoms with E-state index in [1.54, 1.807) is 29.7 Å². The Kier molecular flexibility index (Phi) is 7.56. The maximum Gasteiger partial charge on any atom is 0.309 e. The maximum absolute atomic E-state index is 13.9. The molecule has 0 aliphatic heterocycles. The Morgan fingerprint density at radius 3 is 2.53 bits per heavy atom. The molecular weight excluding hydrogens is 418 g/mol. The Bertz CT molecular complexity index is 1110. The molecule has 0 spiro atoms. The molecule has 0 aliphatic rings. The van der Waals surface area contributed by atoms with Crippen LogP contribution in [0.2, 0.25) is 0 Å². The molecule has 0 amide bonds. The lowest BCUT2D eigenvalue weighted by atomic mass is 9.95. The highest BCUT2D eigenvalue weighted by molar-refractivity contribution is 5.98. The van der Waals surface area contributed by atoms with Gasteiger partial charge in [-0.15, -0.1) is 0 Å². The number of ether oxygens (including phenoxy) is 2. The highest BCUT2D eigenvalue weighted by Gasteiger charge is 2.26. The molecular formula is C24H26F2N2O4. The second-order valence-corrected chi connectivity index (χ2v) is 7.59. The number of methoxy groups -OCH3 is 1. The van der Waals surface area contributed by atoms with Crippen molar-refractivity contribution in [3.8, 4) is 5.75 Å². The zero-order chi connectivity index (χ0) is 23.3. The molecule has 0 fully saturated rings. The van der Waals surface area contributed by atoms with Crippen LogP contribution in [0.3, 0.4) is 0 Å². The number of carbonyl (C=O) groups excluding carboxylic acids is 2. The molecule has 0 saturated heterocycles. The molecule has 1 atom stereocenters. The molecule has 0 aliphatic carbocycles. The van der Waals surface area contributed by atoms with Crippen LogP contribution in [0.15, 0.2) is 36.5 Å². The molecule has 3 rings (SSSR count). The van der Waals surface area contributed by atoms with Crippen molar-refractivity contribution < 1.29 is 27.8 Å². The average molecular weight is 444 g/mol. The number of aryl methyl sites for hydroxylation is 1. The molecule has 2 aromatic heterocycles. The Labute approximate surface area is 185 Å². The van der Waals surface area contributed by atoms with Gasteiger partial charge in [-0.3, -0.25) is 14.0 Å². The summed E-state index contributed by atoms with van der Waals surface area (Å²) in [7, 11) is 1.31. The zero-order valence-corrected chi connectivity index (χ0v) is 18.4. The summed E-state index contributed by atoms with van der Waals surface area (Å²) in [6, 6.07) is 6.89. The number of hydrogen-bond acceptors (Lipinski definition) is 5. The van der Waals surface area contributed by atoms with E-state index in [4.69, 9.17) is 9.47 Å². The van der Waals surface area contributed by atoms with E-state index in [2.05, 4.69) is 4.98 Å². The summed E-state index contributed by atoms with van der Waals surface area (Å²) in [6.07, 6.45) is 3.95. The number of fused-ring (bicyclic) bond motifs is 1. The number of imidazole rings is 1. The van der Waals surface area contributed by atoms with Crippen molar-refractivity contribution in [3.05, 3.63) is 65.1 Å². The van der Waals surface area contributed by atoms with Gasteiger partial charge in [0, 0.05) is 12.6 Å². The fourth-order valence-electron chi connectivity index (χ4n) is 3.67. The van der Waals surface area contributed by atoms with Gasteiger partial charge in [0.1, 0.15) is 23.9 Å². The second kappa shape index (κ2) is 10.3. The topological polar surface area (TPSA) is 69.9 Å². The Hall–Kier alpha value is -3.29. The fraction of sp³-hybridized carbons (Fsp3) is 0.375. The first-order valence-corrected chi connectivity index (χ1v) is 10.5. The molecule has 6 nitrogen and oxygen atoms in total. The van der Waals surface area contributed by atoms with E-state index < -0.39 is 23.5 Å². The molecule has 8 heteroatoms. The monoisotopic (exact) mass is 444 g/mol. The number of rotatable bonds is 10. The van der Waals surface area contributed by atoms with Crippen LogP contribution < -0.4 is 4.74 Å². The molecule has 0 saturated carbocycles. The first kappa shape index (κ1) is 23.4. The van der Waals surface area contributed by atoms with Crippen LogP contribution in [0.25, 0.3) is 5.65 Å². The summed E-state index contributed by atoms with van der Waals surface area (Å²) in [4.78, 5) is 29.7. The van der Waals surface area contributed by atoms with E-state index in [1.807, 2.05) is 6.92 Å². The summed E-state index contributed by atoms with van der Waals surface area (Å²) in [6.45, 7) is 3.38. The molecule has 170 valence electrons. The van der Waals surface area contributed by atoms with Gasteiger partial charge in [0.2, 0.25) is 0 Å². The van der Waals surface area contributed by atoms with E-state index >= 15 is 0 Å². The van der Waals surface area contributed by atoms with Crippen LogP contribution in [0, 0.1) is 24.5 Å². The van der Waals surface area contributed by atoms with Gasteiger partial charge in [0.25, 0.3) is 0 Å². The van der Waals surface area contributed by atoms with Gasteiger partial charge in [-0.1, -0.05) is 25.8 Å². The number of esters is 1. The smallest absolute Gasteiger partial charge is 0.309 e. The summed E-state index contributed by atoms with van der Waals surface area (Å²) in [5.41, 5.74) is 0.981. The fourth-order valence-corrected chi connectivity index (χ4v) is 3.67. The highest BCUT2D eigenvalue weighted by atomic mass is 19.1. The average Bonchev–Trinajstić information content (AvgIpc) is 3.12. The Morgan fingerprint density at radius 2 is 1.88 bits per heavy atom. The SMILES string of the molecule is CCCC[C@@H](CC(=O)c1c(C)nc2c(OCc3c(F)cccc3F)cccn12)C(=O)OC. The number of benzene rings is 1. The third-order valence-corrected chi connectivity index (χ3v) is 5.36. The number of ketones is 1. The van der Waals surface area contributed by atoms with Crippen molar-refractivity contribution in [2.75, 3.05) is 7.11 Å². The molecule has 1 aromatic carbocycles. The summed E-state index contributed by atoms with van der Waals surface area (Å²) >= 11 is 0. The van der Waals surface area contributed by atoms with Crippen LogP contribution in [0.4, 0.5) is 8.78 Å². The quantitative estimate of drug-likeness (QED) is 0.323. The molecule has 0 unspecified atom stereocenters. The van der Waals surface area contributed by atoms with Crippen molar-refractivity contribution in [2.45, 2.75) is 46.1 Å². The maximum atomic E-state index is 13.9. The van der Waals surface area contributed by atoms with Crippen molar-refractivity contribution in [1.29, 1.82) is 0 Å². The van der Waals surface area contributed by atoms with Crippen molar-refractivity contribution in [3.63, 3.8) is 0 Å². The predicted octanol–water partition coefficient (Wildman–Crippen LogP) is 5.05. The number of halogens is 2. The van der Waals surface area contributed by atoms with Gasteiger partial charge >= 0.3 is 5.97 Å². The van der Waals surface area contributed by atoms with Gasteiger partial charge in [-0.05, 0) is 37.6 Å². The van der Waals surface area contributed by atoms with Crippen LogP contribution >= 0.6 is 0 Å². The van der Waals surface area contributed by atoms with Crippen LogP contribution in [0.5, 0.6) is 5.75 Å². The third kappa shape index (κ3) is 4.95. The minimum atomic E-state index is -0.701. The van der Waals surface area contributed by atoms with Gasteiger partial charge in [-0.25, -0.2) is 13.8 Å². The largest absolute Gasteiger partial charge is 0.485 e. The van der Waals surface area contributed by atoms with E-state index in [0.29, 0.717) is 23.5 Å². The van der Waals surface area contributed by atoms with Crippen LogP contribution in [-0.2, 0) is 16.1 Å². The van der Waals surface area contributed by atoms with Crippen molar-refractivity contribution in [2.24, 2.45) is 5.92 Å². The molecule has 32 heavy (non-hydrogen) atoms. The molecule has 0 bridgehead atoms. The molecule has 0 N–H and O–H groups in total. The minimum Gasteiger partial charge on any atom is -0.485 e. The summed E-state index contributed by atoms with van der Waals surface area (Å²) < 4.78 is 39.9. The van der Waals surface area contributed by atoms with Gasteiger partial charge in [-0.2, -0.15) is 0 Å². The number of carbonyl (C=O) groups is 2. The molecule has 2 heterocycles. The lowest BCUT2D eigenvalue weighted by molar-refractivity contribution is -0.145. The van der Waals surface area contributed by atoms with Crippen LogP contribution in [0.1, 0.15) is 54.4 Å². The first-order chi connectivity index (χ1) is 15.4. The second-order valence-electron chi connectivity index (χ2n) is 7.59. The normalized spacial score (nSPS) is 12.0. The predicted molar refractivity (Wildman–Crippen MR) is 115 cm³/mol. The van der Waals surface area contributed by atoms with Gasteiger partial charge in [0.15, 0.2) is 17.2 Å². The Morgan fingerprint density at radius 1 is 1.16 bits per heavy atom. The van der Waals surface area contributed by atoms with E-state index in [0.717, 1.165) is 25.0 Å². The standard InChI is InChI=1S/C24H26F2N2O4/c1-4-5-8-16(24(30)31-3)13-20(29)22-15(2)27-23-21(11-7-12-28(22)23)32-14-17-18(25)9-6-10-19(17)26/h6-7,9-12,16H,4-5,8,13-14H2,1-3H3/t16-/m0/s1. The summed E-state index contributed by atoms with van der Waals surface area (Å²) in [5, 5.41) is 0. The summed E-state index contributed by atoms with van der Waals surface area (Å²) in [5.74, 6) is -2.29. The highest BCUT2D eigenvalue weighted by Crippen LogP contribution is 2.26. The zero-order valence-electron chi connectivity index (χ0n) is 18.4. The van der Waals surface area contributed by atoms with Gasteiger partial charge < -0.3 is 9.47 Å². The number of unbranched alkanes of at least 4 members (excludes halogenated alkanes) is 1. The molecule has 3 aromatic rings. The van der Waals surface area contributed by atoms with E-state index in [1.165, 1.54) is 13.2 Å². The van der Waals surface area contributed by atoms with Gasteiger partial charge in [0.05, 0.1) is 24.3 Å². The minimum absolute atomic E-state index is 0.00678. The number of hydrogen-bond donors (Lipinski definition) is 0. The number of aromatic nitrogens is 2.